The van der Waals surface area contributed by atoms with Gasteiger partial charge in [-0.25, -0.2) is 0 Å². The van der Waals surface area contributed by atoms with Crippen molar-refractivity contribution in [1.29, 1.82) is 0 Å². The summed E-state index contributed by atoms with van der Waals surface area (Å²) >= 11 is 5.98. The molecule has 1 saturated heterocycles. The average molecular weight is 281 g/mol. The highest BCUT2D eigenvalue weighted by Crippen LogP contribution is 2.23. The SMILES string of the molecule is O=C([C@H]1C[C@@H](O)CN1)N1CCc2cc(Cl)ccc2C1. The first-order valence-corrected chi connectivity index (χ1v) is 6.99. The molecule has 2 heterocycles. The molecule has 19 heavy (non-hydrogen) atoms. The van der Waals surface area contributed by atoms with E-state index in [9.17, 15) is 9.90 Å². The molecule has 1 aromatic rings. The topological polar surface area (TPSA) is 52.6 Å². The summed E-state index contributed by atoms with van der Waals surface area (Å²) < 4.78 is 0. The van der Waals surface area contributed by atoms with Crippen molar-refractivity contribution in [3.05, 3.63) is 34.3 Å². The van der Waals surface area contributed by atoms with Crippen LogP contribution < -0.4 is 5.32 Å². The molecule has 5 heteroatoms. The molecule has 0 saturated carbocycles. The number of hydrogen-bond donors (Lipinski definition) is 2. The number of hydrogen-bond acceptors (Lipinski definition) is 3. The van der Waals surface area contributed by atoms with E-state index >= 15 is 0 Å². The number of β-amino-alcohol motifs (C(OH)–C–C–N with tert-alkyl or cyclic N) is 1. The number of aliphatic hydroxyl groups excluding tert-OH is 1. The molecular weight excluding hydrogens is 264 g/mol. The summed E-state index contributed by atoms with van der Waals surface area (Å²) in [5, 5.41) is 13.3. The fourth-order valence-corrected chi connectivity index (χ4v) is 3.03. The molecule has 1 fully saturated rings. The standard InChI is InChI=1S/C14H17ClN2O2/c15-11-2-1-10-8-17(4-3-9(10)5-11)14(19)13-6-12(18)7-16-13/h1-2,5,12-13,16,18H,3-4,6-8H2/t12-,13-/m1/s1. The number of nitrogens with one attached hydrogen (secondary N) is 1. The van der Waals surface area contributed by atoms with Crippen molar-refractivity contribution >= 4 is 17.5 Å². The maximum atomic E-state index is 12.3. The molecule has 0 spiro atoms. The zero-order valence-corrected chi connectivity index (χ0v) is 11.4. The summed E-state index contributed by atoms with van der Waals surface area (Å²) in [7, 11) is 0. The van der Waals surface area contributed by atoms with Crippen molar-refractivity contribution in [2.24, 2.45) is 0 Å². The number of halogens is 1. The molecule has 0 aromatic heterocycles. The van der Waals surface area contributed by atoms with Crippen LogP contribution in [0.15, 0.2) is 18.2 Å². The van der Waals surface area contributed by atoms with Crippen LogP contribution >= 0.6 is 11.6 Å². The van der Waals surface area contributed by atoms with Crippen molar-refractivity contribution in [1.82, 2.24) is 10.2 Å². The lowest BCUT2D eigenvalue weighted by Crippen LogP contribution is -2.45. The van der Waals surface area contributed by atoms with Crippen LogP contribution in [0.4, 0.5) is 0 Å². The smallest absolute Gasteiger partial charge is 0.240 e. The number of aliphatic hydroxyl groups is 1. The van der Waals surface area contributed by atoms with Gasteiger partial charge in [0.1, 0.15) is 0 Å². The van der Waals surface area contributed by atoms with Gasteiger partial charge in [0.15, 0.2) is 0 Å². The first-order valence-electron chi connectivity index (χ1n) is 6.61. The fourth-order valence-electron chi connectivity index (χ4n) is 2.84. The van der Waals surface area contributed by atoms with E-state index in [0.717, 1.165) is 18.0 Å². The zero-order chi connectivity index (χ0) is 13.4. The zero-order valence-electron chi connectivity index (χ0n) is 10.6. The molecule has 2 atom stereocenters. The van der Waals surface area contributed by atoms with E-state index in [0.29, 0.717) is 19.5 Å². The van der Waals surface area contributed by atoms with Crippen LogP contribution in [0.25, 0.3) is 0 Å². The van der Waals surface area contributed by atoms with Crippen LogP contribution in [0.5, 0.6) is 0 Å². The van der Waals surface area contributed by atoms with E-state index in [1.807, 2.05) is 23.1 Å². The number of fused-ring (bicyclic) bond motifs is 1. The van der Waals surface area contributed by atoms with E-state index in [4.69, 9.17) is 11.6 Å². The molecule has 3 rings (SSSR count). The molecule has 4 nitrogen and oxygen atoms in total. The minimum Gasteiger partial charge on any atom is -0.392 e. The summed E-state index contributed by atoms with van der Waals surface area (Å²) in [4.78, 5) is 14.2. The van der Waals surface area contributed by atoms with Gasteiger partial charge in [0.2, 0.25) is 5.91 Å². The van der Waals surface area contributed by atoms with Gasteiger partial charge in [-0.1, -0.05) is 17.7 Å². The number of nitrogens with zero attached hydrogens (tertiary/aromatic N) is 1. The van der Waals surface area contributed by atoms with Gasteiger partial charge in [-0.15, -0.1) is 0 Å². The molecule has 1 amide bonds. The Morgan fingerprint density at radius 1 is 1.42 bits per heavy atom. The molecule has 2 N–H and O–H groups in total. The molecule has 0 unspecified atom stereocenters. The van der Waals surface area contributed by atoms with Gasteiger partial charge >= 0.3 is 0 Å². The highest BCUT2D eigenvalue weighted by molar-refractivity contribution is 6.30. The van der Waals surface area contributed by atoms with E-state index in [1.54, 1.807) is 0 Å². The Bertz CT molecular complexity index is 506. The lowest BCUT2D eigenvalue weighted by atomic mass is 9.99. The molecule has 2 aliphatic heterocycles. The lowest BCUT2D eigenvalue weighted by molar-refractivity contribution is -0.134. The van der Waals surface area contributed by atoms with E-state index in [2.05, 4.69) is 5.32 Å². The van der Waals surface area contributed by atoms with Gasteiger partial charge in [-0.2, -0.15) is 0 Å². The van der Waals surface area contributed by atoms with E-state index < -0.39 is 6.10 Å². The Morgan fingerprint density at radius 3 is 3.00 bits per heavy atom. The number of carbonyl (C=O) groups is 1. The van der Waals surface area contributed by atoms with Crippen LogP contribution in [0, 0.1) is 0 Å². The first-order chi connectivity index (χ1) is 9.13. The lowest BCUT2D eigenvalue weighted by Gasteiger charge is -2.31. The van der Waals surface area contributed by atoms with Gasteiger partial charge in [0.05, 0.1) is 12.1 Å². The van der Waals surface area contributed by atoms with Gasteiger partial charge in [-0.05, 0) is 36.1 Å². The predicted octanol–water partition coefficient (Wildman–Crippen LogP) is 0.948. The Hall–Kier alpha value is -1.10. The van der Waals surface area contributed by atoms with Gasteiger partial charge < -0.3 is 15.3 Å². The number of carbonyl (C=O) groups excluding carboxylic acids is 1. The maximum Gasteiger partial charge on any atom is 0.240 e. The quantitative estimate of drug-likeness (QED) is 0.805. The Labute approximate surface area is 117 Å². The summed E-state index contributed by atoms with van der Waals surface area (Å²) in [5.74, 6) is 0.0946. The molecule has 102 valence electrons. The van der Waals surface area contributed by atoms with E-state index in [-0.39, 0.29) is 11.9 Å². The first kappa shape index (κ1) is 12.9. The number of rotatable bonds is 1. The van der Waals surface area contributed by atoms with Crippen molar-refractivity contribution < 1.29 is 9.90 Å². The summed E-state index contributed by atoms with van der Waals surface area (Å²) in [6.07, 6.45) is 0.963. The van der Waals surface area contributed by atoms with Crippen LogP contribution in [0.2, 0.25) is 5.02 Å². The molecule has 0 aliphatic carbocycles. The normalized spacial score (nSPS) is 26.3. The maximum absolute atomic E-state index is 12.3. The third-order valence-corrected chi connectivity index (χ3v) is 4.13. The largest absolute Gasteiger partial charge is 0.392 e. The average Bonchev–Trinajstić information content (AvgIpc) is 2.84. The van der Waals surface area contributed by atoms with Crippen molar-refractivity contribution in [3.8, 4) is 0 Å². The van der Waals surface area contributed by atoms with Gasteiger partial charge in [-0.3, -0.25) is 4.79 Å². The van der Waals surface area contributed by atoms with Crippen molar-refractivity contribution in [3.63, 3.8) is 0 Å². The Kier molecular flexibility index (Phi) is 3.48. The van der Waals surface area contributed by atoms with Crippen LogP contribution in [-0.2, 0) is 17.8 Å². The fraction of sp³-hybridized carbons (Fsp3) is 0.500. The van der Waals surface area contributed by atoms with Gasteiger partial charge in [0.25, 0.3) is 0 Å². The van der Waals surface area contributed by atoms with Gasteiger partial charge in [0, 0.05) is 24.7 Å². The minimum atomic E-state index is -0.398. The second-order valence-electron chi connectivity index (χ2n) is 5.27. The van der Waals surface area contributed by atoms with Crippen molar-refractivity contribution in [2.75, 3.05) is 13.1 Å². The summed E-state index contributed by atoms with van der Waals surface area (Å²) in [6.45, 7) is 1.87. The predicted molar refractivity (Wildman–Crippen MR) is 73.0 cm³/mol. The van der Waals surface area contributed by atoms with Crippen molar-refractivity contribution in [2.45, 2.75) is 31.5 Å². The minimum absolute atomic E-state index is 0.0946. The highest BCUT2D eigenvalue weighted by Gasteiger charge is 2.32. The molecular formula is C14H17ClN2O2. The molecule has 0 bridgehead atoms. The van der Waals surface area contributed by atoms with Crippen LogP contribution in [-0.4, -0.2) is 41.1 Å². The molecule has 1 aromatic carbocycles. The Balaban J connectivity index is 1.71. The highest BCUT2D eigenvalue weighted by atomic mass is 35.5. The second-order valence-corrected chi connectivity index (χ2v) is 5.71. The summed E-state index contributed by atoms with van der Waals surface area (Å²) in [6, 6.07) is 5.61. The van der Waals surface area contributed by atoms with Crippen LogP contribution in [0.3, 0.4) is 0 Å². The number of amides is 1. The van der Waals surface area contributed by atoms with Crippen LogP contribution in [0.1, 0.15) is 17.5 Å². The second kappa shape index (κ2) is 5.12. The third-order valence-electron chi connectivity index (χ3n) is 3.90. The Morgan fingerprint density at radius 2 is 2.26 bits per heavy atom. The number of benzene rings is 1. The third kappa shape index (κ3) is 2.61. The molecule has 2 aliphatic rings. The molecule has 0 radical (unpaired) electrons. The monoisotopic (exact) mass is 280 g/mol. The summed E-state index contributed by atoms with van der Waals surface area (Å²) in [5.41, 5.74) is 2.40. The van der Waals surface area contributed by atoms with E-state index in [1.165, 1.54) is 11.1 Å².